The molecule has 2 unspecified atom stereocenters. The molecule has 1 aliphatic carbocycles. The van der Waals surface area contributed by atoms with E-state index < -0.39 is 48.1 Å². The second-order valence-electron chi connectivity index (χ2n) is 10.4. The van der Waals surface area contributed by atoms with Gasteiger partial charge in [0.25, 0.3) is 11.8 Å². The largest absolute Gasteiger partial charge is 0.497 e. The summed E-state index contributed by atoms with van der Waals surface area (Å²) in [4.78, 5) is 64.3. The van der Waals surface area contributed by atoms with Crippen LogP contribution in [0.2, 0.25) is 0 Å². The van der Waals surface area contributed by atoms with Gasteiger partial charge in [-0.15, -0.1) is 0 Å². The number of ketones is 1. The molecule has 0 saturated heterocycles. The number of methoxy groups -OCH3 is 1. The van der Waals surface area contributed by atoms with Gasteiger partial charge in [0.15, 0.2) is 0 Å². The predicted molar refractivity (Wildman–Crippen MR) is 158 cm³/mol. The molecule has 0 bridgehead atoms. The lowest BCUT2D eigenvalue weighted by molar-refractivity contribution is -0.146. The Morgan fingerprint density at radius 1 is 0.884 bits per heavy atom. The van der Waals surface area contributed by atoms with Gasteiger partial charge in [0.1, 0.15) is 24.4 Å². The topological polar surface area (TPSA) is 149 Å². The van der Waals surface area contributed by atoms with Gasteiger partial charge in [-0.1, -0.05) is 62.4 Å². The Morgan fingerprint density at radius 3 is 2.23 bits per heavy atom. The van der Waals surface area contributed by atoms with Crippen molar-refractivity contribution in [3.8, 4) is 5.75 Å². The minimum atomic E-state index is -1.36. The van der Waals surface area contributed by atoms with Crippen LogP contribution in [0.4, 0.5) is 0 Å². The number of benzene rings is 2. The minimum Gasteiger partial charge on any atom is -0.497 e. The molecule has 11 heteroatoms. The molecule has 3 N–H and O–H groups in total. The van der Waals surface area contributed by atoms with E-state index in [-0.39, 0.29) is 25.7 Å². The number of rotatable bonds is 16. The average molecular weight is 596 g/mol. The van der Waals surface area contributed by atoms with E-state index in [1.165, 1.54) is 7.11 Å². The summed E-state index contributed by atoms with van der Waals surface area (Å²) >= 11 is 0. The Morgan fingerprint density at radius 2 is 1.58 bits per heavy atom. The van der Waals surface area contributed by atoms with E-state index in [9.17, 15) is 24.0 Å². The fourth-order valence-electron chi connectivity index (χ4n) is 4.91. The van der Waals surface area contributed by atoms with Crippen molar-refractivity contribution in [1.29, 1.82) is 0 Å². The first-order valence-corrected chi connectivity index (χ1v) is 14.6. The third kappa shape index (κ3) is 11.2. The van der Waals surface area contributed by atoms with E-state index in [4.69, 9.17) is 14.2 Å². The van der Waals surface area contributed by atoms with E-state index in [2.05, 4.69) is 16.0 Å². The molecule has 0 heterocycles. The molecular formula is C32H41N3O8. The number of amides is 3. The highest BCUT2D eigenvalue weighted by Crippen LogP contribution is 2.27. The molecule has 3 amide bonds. The monoisotopic (exact) mass is 595 g/mol. The molecular weight excluding hydrogens is 554 g/mol. The summed E-state index contributed by atoms with van der Waals surface area (Å²) < 4.78 is 15.7. The molecule has 11 nitrogen and oxygen atoms in total. The summed E-state index contributed by atoms with van der Waals surface area (Å²) in [5, 5.41) is 7.70. The molecule has 1 fully saturated rings. The average Bonchev–Trinajstić information content (AvgIpc) is 3.03. The maximum atomic E-state index is 13.6. The van der Waals surface area contributed by atoms with E-state index in [0.29, 0.717) is 17.7 Å². The number of nitrogens with one attached hydrogen (secondary N) is 3. The van der Waals surface area contributed by atoms with Crippen LogP contribution in [-0.4, -0.2) is 68.4 Å². The van der Waals surface area contributed by atoms with Crippen molar-refractivity contribution in [1.82, 2.24) is 16.0 Å². The van der Waals surface area contributed by atoms with Crippen molar-refractivity contribution >= 4 is 29.5 Å². The van der Waals surface area contributed by atoms with Gasteiger partial charge in [-0.2, -0.15) is 0 Å². The first kappa shape index (κ1) is 33.3. The van der Waals surface area contributed by atoms with Crippen LogP contribution in [0.25, 0.3) is 0 Å². The molecule has 3 rings (SSSR count). The number of ether oxygens (including phenoxy) is 3. The van der Waals surface area contributed by atoms with Crippen LogP contribution in [0.5, 0.6) is 5.75 Å². The maximum absolute atomic E-state index is 13.6. The number of carbonyl (C=O) groups is 5. The lowest BCUT2D eigenvalue weighted by Crippen LogP contribution is -2.56. The highest BCUT2D eigenvalue weighted by molar-refractivity contribution is 6.38. The lowest BCUT2D eigenvalue weighted by Gasteiger charge is -2.28. The number of carbonyl (C=O) groups excluding carboxylic acids is 5. The van der Waals surface area contributed by atoms with Crippen molar-refractivity contribution < 1.29 is 38.2 Å². The first-order valence-electron chi connectivity index (χ1n) is 14.6. The molecule has 0 aliphatic heterocycles. The molecule has 2 aromatic carbocycles. The van der Waals surface area contributed by atoms with Crippen molar-refractivity contribution in [3.63, 3.8) is 0 Å². The van der Waals surface area contributed by atoms with Crippen LogP contribution in [0.1, 0.15) is 61.4 Å². The molecule has 232 valence electrons. The van der Waals surface area contributed by atoms with E-state index >= 15 is 0 Å². The zero-order valence-electron chi connectivity index (χ0n) is 24.8. The minimum absolute atomic E-state index is 0.124. The van der Waals surface area contributed by atoms with Crippen molar-refractivity contribution in [2.45, 2.75) is 64.1 Å². The maximum Gasteiger partial charge on any atom is 0.325 e. The molecule has 0 radical (unpaired) electrons. The Kier molecular flexibility index (Phi) is 13.6. The normalized spacial score (nSPS) is 14.6. The SMILES string of the molecule is CCOC(=O)CNC(=O)C(=O)C(COCc1ccccc1)NC(=O)C(CC1CCCCC1)NC(=O)c1ccc(OC)cc1. The van der Waals surface area contributed by atoms with E-state index in [1.54, 1.807) is 31.2 Å². The standard InChI is InChI=1S/C32H41N3O8/c1-3-43-28(36)19-33-32(40)29(37)27(21-42-20-23-12-8-5-9-13-23)35-31(39)26(18-22-10-6-4-7-11-22)34-30(38)24-14-16-25(41-2)17-15-24/h5,8-9,12-17,22,26-27H,3-4,6-7,10-11,18-21H2,1-2H3,(H,33,40)(H,34,38)(H,35,39). The van der Waals surface area contributed by atoms with Gasteiger partial charge in [-0.25, -0.2) is 0 Å². The summed E-state index contributed by atoms with van der Waals surface area (Å²) in [6.07, 6.45) is 5.46. The number of Topliss-reactive ketones (excluding diaryl/α,β-unsaturated/α-hetero) is 1. The van der Waals surface area contributed by atoms with Crippen LogP contribution < -0.4 is 20.7 Å². The zero-order chi connectivity index (χ0) is 31.0. The van der Waals surface area contributed by atoms with Crippen LogP contribution in [0, 0.1) is 5.92 Å². The van der Waals surface area contributed by atoms with Crippen LogP contribution in [0.3, 0.4) is 0 Å². The summed E-state index contributed by atoms with van der Waals surface area (Å²) in [6, 6.07) is 13.4. The van der Waals surface area contributed by atoms with Gasteiger partial charge >= 0.3 is 5.97 Å². The van der Waals surface area contributed by atoms with Gasteiger partial charge in [-0.3, -0.25) is 24.0 Å². The summed E-state index contributed by atoms with van der Waals surface area (Å²) in [7, 11) is 1.53. The first-order chi connectivity index (χ1) is 20.8. The summed E-state index contributed by atoms with van der Waals surface area (Å²) in [5.74, 6) is -2.99. The van der Waals surface area contributed by atoms with E-state index in [1.807, 2.05) is 30.3 Å². The third-order valence-electron chi connectivity index (χ3n) is 7.22. The molecule has 0 aromatic heterocycles. The van der Waals surface area contributed by atoms with Crippen molar-refractivity contribution in [2.24, 2.45) is 5.92 Å². The van der Waals surface area contributed by atoms with Crippen molar-refractivity contribution in [3.05, 3.63) is 65.7 Å². The Labute approximate surface area is 252 Å². The van der Waals surface area contributed by atoms with Gasteiger partial charge in [0.2, 0.25) is 11.7 Å². The number of hydrogen-bond donors (Lipinski definition) is 3. The quantitative estimate of drug-likeness (QED) is 0.198. The van der Waals surface area contributed by atoms with E-state index in [0.717, 1.165) is 37.7 Å². The second kappa shape index (κ2) is 17.6. The molecule has 1 saturated carbocycles. The fourth-order valence-corrected chi connectivity index (χ4v) is 4.91. The predicted octanol–water partition coefficient (Wildman–Crippen LogP) is 2.71. The molecule has 1 aliphatic rings. The lowest BCUT2D eigenvalue weighted by atomic mass is 9.84. The highest BCUT2D eigenvalue weighted by Gasteiger charge is 2.32. The number of hydrogen-bond acceptors (Lipinski definition) is 8. The Hall–Kier alpha value is -4.25. The smallest absolute Gasteiger partial charge is 0.325 e. The van der Waals surface area contributed by atoms with Gasteiger partial charge in [0, 0.05) is 5.56 Å². The Bertz CT molecular complexity index is 1210. The molecule has 43 heavy (non-hydrogen) atoms. The summed E-state index contributed by atoms with van der Waals surface area (Å²) in [6.45, 7) is 1.10. The van der Waals surface area contributed by atoms with Crippen LogP contribution in [0.15, 0.2) is 54.6 Å². The second-order valence-corrected chi connectivity index (χ2v) is 10.4. The van der Waals surface area contributed by atoms with Crippen LogP contribution >= 0.6 is 0 Å². The van der Waals surface area contributed by atoms with Gasteiger partial charge in [-0.05, 0) is 49.1 Å². The molecule has 2 aromatic rings. The highest BCUT2D eigenvalue weighted by atomic mass is 16.5. The number of esters is 1. The molecule has 0 spiro atoms. The fraction of sp³-hybridized carbons (Fsp3) is 0.469. The van der Waals surface area contributed by atoms with Crippen LogP contribution in [-0.2, 0) is 35.3 Å². The van der Waals surface area contributed by atoms with Crippen molar-refractivity contribution in [2.75, 3.05) is 26.9 Å². The molecule has 2 atom stereocenters. The summed E-state index contributed by atoms with van der Waals surface area (Å²) in [5.41, 5.74) is 1.19. The third-order valence-corrected chi connectivity index (χ3v) is 7.22. The Balaban J connectivity index is 1.74. The van der Waals surface area contributed by atoms with Gasteiger partial charge in [0.05, 0.1) is 26.9 Å². The zero-order valence-corrected chi connectivity index (χ0v) is 24.8. The van der Waals surface area contributed by atoms with Gasteiger partial charge < -0.3 is 30.2 Å².